The van der Waals surface area contributed by atoms with Crippen molar-refractivity contribution in [2.45, 2.75) is 19.9 Å². The molecule has 0 saturated heterocycles. The molecule has 1 aromatic carbocycles. The van der Waals surface area contributed by atoms with Crippen LogP contribution in [0.15, 0.2) is 22.7 Å². The molecule has 1 rings (SSSR count). The number of aliphatic carboxylic acids is 1. The van der Waals surface area contributed by atoms with E-state index < -0.39 is 5.97 Å². The quantitative estimate of drug-likeness (QED) is 0.835. The Morgan fingerprint density at radius 1 is 1.53 bits per heavy atom. The van der Waals surface area contributed by atoms with Crippen molar-refractivity contribution in [1.82, 2.24) is 4.90 Å². The highest BCUT2D eigenvalue weighted by Crippen LogP contribution is 2.24. The fourth-order valence-electron chi connectivity index (χ4n) is 1.78. The zero-order valence-electron chi connectivity index (χ0n) is 11.5. The van der Waals surface area contributed by atoms with Crippen LogP contribution in [-0.2, 0) is 11.3 Å². The van der Waals surface area contributed by atoms with Crippen molar-refractivity contribution in [2.24, 2.45) is 5.92 Å². The molecule has 4 nitrogen and oxygen atoms in total. The molecule has 1 unspecified atom stereocenters. The van der Waals surface area contributed by atoms with Gasteiger partial charge in [0.1, 0.15) is 5.75 Å². The third-order valence-corrected chi connectivity index (χ3v) is 3.54. The molecule has 19 heavy (non-hydrogen) atoms. The molecule has 0 saturated carbocycles. The summed E-state index contributed by atoms with van der Waals surface area (Å²) in [5.41, 5.74) is 1.09. The van der Waals surface area contributed by atoms with Crippen molar-refractivity contribution in [3.05, 3.63) is 28.2 Å². The SMILES string of the molecule is COc1ccc(Br)cc1CN(C)CCC(C)C(=O)O. The Labute approximate surface area is 122 Å². The van der Waals surface area contributed by atoms with E-state index in [0.717, 1.165) is 28.9 Å². The third-order valence-electron chi connectivity index (χ3n) is 3.05. The van der Waals surface area contributed by atoms with Gasteiger partial charge < -0.3 is 14.7 Å². The maximum Gasteiger partial charge on any atom is 0.306 e. The molecule has 0 amide bonds. The first-order chi connectivity index (χ1) is 8.93. The number of methoxy groups -OCH3 is 1. The van der Waals surface area contributed by atoms with Gasteiger partial charge in [-0.2, -0.15) is 0 Å². The summed E-state index contributed by atoms with van der Waals surface area (Å²) in [4.78, 5) is 12.9. The fourth-order valence-corrected chi connectivity index (χ4v) is 2.19. The highest BCUT2D eigenvalue weighted by Gasteiger charge is 2.13. The van der Waals surface area contributed by atoms with Crippen LogP contribution in [0.2, 0.25) is 0 Å². The summed E-state index contributed by atoms with van der Waals surface area (Å²) in [5.74, 6) is -0.207. The normalized spacial score (nSPS) is 12.5. The van der Waals surface area contributed by atoms with E-state index in [9.17, 15) is 4.79 Å². The topological polar surface area (TPSA) is 49.8 Å². The van der Waals surface area contributed by atoms with Crippen molar-refractivity contribution >= 4 is 21.9 Å². The minimum Gasteiger partial charge on any atom is -0.496 e. The molecule has 0 bridgehead atoms. The number of hydrogen-bond donors (Lipinski definition) is 1. The van der Waals surface area contributed by atoms with Crippen molar-refractivity contribution in [3.8, 4) is 5.75 Å². The lowest BCUT2D eigenvalue weighted by Crippen LogP contribution is -2.23. The first-order valence-corrected chi connectivity index (χ1v) is 6.97. The standard InChI is InChI=1S/C14H20BrNO3/c1-10(14(17)18)6-7-16(2)9-11-8-12(15)4-5-13(11)19-3/h4-5,8,10H,6-7,9H2,1-3H3,(H,17,18). The summed E-state index contributed by atoms with van der Waals surface area (Å²) >= 11 is 3.44. The summed E-state index contributed by atoms with van der Waals surface area (Å²) in [6.07, 6.45) is 0.641. The highest BCUT2D eigenvalue weighted by atomic mass is 79.9. The molecule has 0 fully saturated rings. The van der Waals surface area contributed by atoms with Crippen molar-refractivity contribution < 1.29 is 14.6 Å². The van der Waals surface area contributed by atoms with Crippen LogP contribution in [0.25, 0.3) is 0 Å². The van der Waals surface area contributed by atoms with Gasteiger partial charge in [-0.05, 0) is 38.2 Å². The van der Waals surface area contributed by atoms with E-state index in [0.29, 0.717) is 6.42 Å². The highest BCUT2D eigenvalue weighted by molar-refractivity contribution is 9.10. The maximum absolute atomic E-state index is 10.8. The van der Waals surface area contributed by atoms with E-state index in [-0.39, 0.29) is 5.92 Å². The van der Waals surface area contributed by atoms with Crippen LogP contribution < -0.4 is 4.74 Å². The lowest BCUT2D eigenvalue weighted by molar-refractivity contribution is -0.141. The molecular formula is C14H20BrNO3. The van der Waals surface area contributed by atoms with Gasteiger partial charge in [0, 0.05) is 16.6 Å². The zero-order chi connectivity index (χ0) is 14.4. The van der Waals surface area contributed by atoms with E-state index in [1.54, 1.807) is 14.0 Å². The van der Waals surface area contributed by atoms with Crippen LogP contribution in [-0.4, -0.2) is 36.7 Å². The van der Waals surface area contributed by atoms with E-state index in [2.05, 4.69) is 20.8 Å². The average Bonchev–Trinajstić information content (AvgIpc) is 2.36. The number of ether oxygens (including phenoxy) is 1. The van der Waals surface area contributed by atoms with Crippen molar-refractivity contribution in [2.75, 3.05) is 20.7 Å². The van der Waals surface area contributed by atoms with Gasteiger partial charge in [-0.15, -0.1) is 0 Å². The van der Waals surface area contributed by atoms with Gasteiger partial charge in [-0.25, -0.2) is 0 Å². The molecule has 5 heteroatoms. The molecule has 0 radical (unpaired) electrons. The second kappa shape index (κ2) is 7.50. The number of benzene rings is 1. The van der Waals surface area contributed by atoms with Gasteiger partial charge in [0.2, 0.25) is 0 Å². The molecule has 0 aromatic heterocycles. The van der Waals surface area contributed by atoms with Gasteiger partial charge in [0.15, 0.2) is 0 Å². The van der Waals surface area contributed by atoms with E-state index in [1.165, 1.54) is 0 Å². The second-order valence-electron chi connectivity index (χ2n) is 4.72. The molecule has 0 heterocycles. The van der Waals surface area contributed by atoms with Crippen LogP contribution in [0, 0.1) is 5.92 Å². The van der Waals surface area contributed by atoms with Crippen LogP contribution >= 0.6 is 15.9 Å². The van der Waals surface area contributed by atoms with E-state index in [1.807, 2.05) is 25.2 Å². The summed E-state index contributed by atoms with van der Waals surface area (Å²) < 4.78 is 6.33. The molecule has 0 spiro atoms. The number of rotatable bonds is 7. The van der Waals surface area contributed by atoms with Gasteiger partial charge >= 0.3 is 5.97 Å². The monoisotopic (exact) mass is 329 g/mol. The van der Waals surface area contributed by atoms with Gasteiger partial charge in [0.05, 0.1) is 13.0 Å². The molecule has 106 valence electrons. The van der Waals surface area contributed by atoms with Crippen molar-refractivity contribution in [3.63, 3.8) is 0 Å². The summed E-state index contributed by atoms with van der Waals surface area (Å²) in [6.45, 7) is 3.20. The summed E-state index contributed by atoms with van der Waals surface area (Å²) in [7, 11) is 3.63. The molecular weight excluding hydrogens is 310 g/mol. The number of nitrogens with zero attached hydrogens (tertiary/aromatic N) is 1. The number of carboxylic acid groups (broad SMARTS) is 1. The van der Waals surface area contributed by atoms with Crippen LogP contribution in [0.3, 0.4) is 0 Å². The Balaban J connectivity index is 2.59. The maximum atomic E-state index is 10.8. The average molecular weight is 330 g/mol. The van der Waals surface area contributed by atoms with Crippen molar-refractivity contribution in [1.29, 1.82) is 0 Å². The lowest BCUT2D eigenvalue weighted by atomic mass is 10.1. The van der Waals surface area contributed by atoms with Gasteiger partial charge in [-0.1, -0.05) is 22.9 Å². The number of hydrogen-bond acceptors (Lipinski definition) is 3. The zero-order valence-corrected chi connectivity index (χ0v) is 13.1. The first-order valence-electron chi connectivity index (χ1n) is 6.17. The minimum atomic E-state index is -0.742. The smallest absolute Gasteiger partial charge is 0.306 e. The molecule has 1 atom stereocenters. The molecule has 0 aliphatic heterocycles. The Hall–Kier alpha value is -1.07. The fraction of sp³-hybridized carbons (Fsp3) is 0.500. The number of carboxylic acids is 1. The van der Waals surface area contributed by atoms with Crippen LogP contribution in [0.5, 0.6) is 5.75 Å². The Bertz CT molecular complexity index is 437. The second-order valence-corrected chi connectivity index (χ2v) is 5.64. The number of carbonyl (C=O) groups is 1. The largest absolute Gasteiger partial charge is 0.496 e. The van der Waals surface area contributed by atoms with Crippen LogP contribution in [0.1, 0.15) is 18.9 Å². The Morgan fingerprint density at radius 2 is 2.21 bits per heavy atom. The Kier molecular flexibility index (Phi) is 6.31. The summed E-state index contributed by atoms with van der Waals surface area (Å²) in [5, 5.41) is 8.86. The Morgan fingerprint density at radius 3 is 2.79 bits per heavy atom. The predicted molar refractivity (Wildman–Crippen MR) is 78.4 cm³/mol. The van der Waals surface area contributed by atoms with E-state index in [4.69, 9.17) is 9.84 Å². The number of halogens is 1. The predicted octanol–water partition coefficient (Wildman–Crippen LogP) is 3.00. The van der Waals surface area contributed by atoms with Crippen LogP contribution in [0.4, 0.5) is 0 Å². The van der Waals surface area contributed by atoms with Gasteiger partial charge in [0.25, 0.3) is 0 Å². The molecule has 1 aromatic rings. The summed E-state index contributed by atoms with van der Waals surface area (Å²) in [6, 6.07) is 5.89. The molecule has 1 N–H and O–H groups in total. The minimum absolute atomic E-state index is 0.313. The van der Waals surface area contributed by atoms with Gasteiger partial charge in [-0.3, -0.25) is 4.79 Å². The van der Waals surface area contributed by atoms with E-state index >= 15 is 0 Å². The molecule has 0 aliphatic rings. The lowest BCUT2D eigenvalue weighted by Gasteiger charge is -2.19. The molecule has 0 aliphatic carbocycles. The first kappa shape index (κ1) is 16.0. The third kappa shape index (κ3) is 5.20.